The molecular formula is C17H28N2O3. The maximum absolute atomic E-state index is 11.9. The Hall–Kier alpha value is -1.59. The Morgan fingerprint density at radius 3 is 2.55 bits per heavy atom. The predicted molar refractivity (Wildman–Crippen MR) is 87.7 cm³/mol. The molecule has 5 heteroatoms. The molecule has 1 aromatic carbocycles. The fourth-order valence-corrected chi connectivity index (χ4v) is 2.26. The van der Waals surface area contributed by atoms with E-state index in [-0.39, 0.29) is 0 Å². The molecule has 0 aliphatic carbocycles. The van der Waals surface area contributed by atoms with Gasteiger partial charge in [0.1, 0.15) is 5.60 Å². The van der Waals surface area contributed by atoms with Crippen LogP contribution in [0.2, 0.25) is 0 Å². The highest BCUT2D eigenvalue weighted by atomic mass is 16.6. The molecule has 0 aliphatic heterocycles. The first-order chi connectivity index (χ1) is 10.2. The zero-order chi connectivity index (χ0) is 16.9. The second-order valence-electron chi connectivity index (χ2n) is 6.56. The lowest BCUT2D eigenvalue weighted by atomic mass is 9.93. The van der Waals surface area contributed by atoms with Crippen LogP contribution in [0.5, 0.6) is 0 Å². The summed E-state index contributed by atoms with van der Waals surface area (Å²) in [5.41, 5.74) is 7.95. The van der Waals surface area contributed by atoms with Crippen molar-refractivity contribution in [3.8, 4) is 0 Å². The molecule has 0 aromatic heterocycles. The van der Waals surface area contributed by atoms with Gasteiger partial charge in [-0.25, -0.2) is 4.79 Å². The first-order valence-corrected chi connectivity index (χ1v) is 7.59. The van der Waals surface area contributed by atoms with Gasteiger partial charge in [0, 0.05) is 0 Å². The molecule has 1 aromatic rings. The summed E-state index contributed by atoms with van der Waals surface area (Å²) in [5, 5.41) is 13.4. The normalized spacial score (nSPS) is 14.3. The van der Waals surface area contributed by atoms with Gasteiger partial charge in [0.05, 0.1) is 12.1 Å². The number of hydrogen-bond acceptors (Lipinski definition) is 4. The molecule has 0 saturated carbocycles. The number of aryl methyl sites for hydroxylation is 1. The molecular weight excluding hydrogens is 280 g/mol. The summed E-state index contributed by atoms with van der Waals surface area (Å²) < 4.78 is 5.25. The summed E-state index contributed by atoms with van der Waals surface area (Å²) in [6.45, 7) is 9.71. The molecule has 2 atom stereocenters. The quantitative estimate of drug-likeness (QED) is 0.780. The molecule has 4 N–H and O–H groups in total. The number of amides is 1. The van der Waals surface area contributed by atoms with Gasteiger partial charge < -0.3 is 20.9 Å². The first kappa shape index (κ1) is 18.5. The van der Waals surface area contributed by atoms with Crippen LogP contribution in [0.4, 0.5) is 4.79 Å². The van der Waals surface area contributed by atoms with Crippen molar-refractivity contribution in [3.63, 3.8) is 0 Å². The van der Waals surface area contributed by atoms with Crippen LogP contribution in [0.15, 0.2) is 18.2 Å². The van der Waals surface area contributed by atoms with Gasteiger partial charge in [0.25, 0.3) is 0 Å². The van der Waals surface area contributed by atoms with Crippen molar-refractivity contribution < 1.29 is 14.6 Å². The topological polar surface area (TPSA) is 84.6 Å². The van der Waals surface area contributed by atoms with Gasteiger partial charge in [-0.05, 0) is 64.3 Å². The number of alkyl carbamates (subject to hydrolysis) is 1. The highest BCUT2D eigenvalue weighted by Crippen LogP contribution is 2.24. The lowest BCUT2D eigenvalue weighted by Crippen LogP contribution is -2.43. The van der Waals surface area contributed by atoms with E-state index >= 15 is 0 Å². The number of nitrogens with one attached hydrogen (secondary N) is 1. The minimum Gasteiger partial charge on any atom is -0.444 e. The fourth-order valence-electron chi connectivity index (χ4n) is 2.26. The SMILES string of the molecule is Cc1cccc(C(O)C(CCN)NC(=O)OC(C)(C)C)c1C. The number of aliphatic hydroxyl groups is 1. The average molecular weight is 308 g/mol. The van der Waals surface area contributed by atoms with E-state index in [0.29, 0.717) is 13.0 Å². The summed E-state index contributed by atoms with van der Waals surface area (Å²) in [7, 11) is 0. The molecule has 22 heavy (non-hydrogen) atoms. The maximum Gasteiger partial charge on any atom is 0.407 e. The largest absolute Gasteiger partial charge is 0.444 e. The van der Waals surface area contributed by atoms with Crippen LogP contribution in [0.1, 0.15) is 50.0 Å². The van der Waals surface area contributed by atoms with Crippen molar-refractivity contribution in [2.45, 2.75) is 58.8 Å². The van der Waals surface area contributed by atoms with Gasteiger partial charge in [-0.3, -0.25) is 0 Å². The van der Waals surface area contributed by atoms with Crippen molar-refractivity contribution in [2.24, 2.45) is 5.73 Å². The predicted octanol–water partition coefficient (Wildman–Crippen LogP) is 2.58. The van der Waals surface area contributed by atoms with E-state index in [9.17, 15) is 9.90 Å². The molecule has 0 aliphatic rings. The third-order valence-electron chi connectivity index (χ3n) is 3.53. The molecule has 0 bridgehead atoms. The molecule has 0 radical (unpaired) electrons. The van der Waals surface area contributed by atoms with E-state index in [0.717, 1.165) is 16.7 Å². The fraction of sp³-hybridized carbons (Fsp3) is 0.588. The van der Waals surface area contributed by atoms with Crippen LogP contribution in [0.25, 0.3) is 0 Å². The number of carbonyl (C=O) groups excluding carboxylic acids is 1. The Morgan fingerprint density at radius 1 is 1.36 bits per heavy atom. The summed E-state index contributed by atoms with van der Waals surface area (Å²) in [4.78, 5) is 11.9. The zero-order valence-corrected chi connectivity index (χ0v) is 14.1. The molecule has 1 rings (SSSR count). The van der Waals surface area contributed by atoms with Crippen molar-refractivity contribution in [2.75, 3.05) is 6.54 Å². The lowest BCUT2D eigenvalue weighted by molar-refractivity contribution is 0.0415. The van der Waals surface area contributed by atoms with Crippen LogP contribution in [0.3, 0.4) is 0 Å². The maximum atomic E-state index is 11.9. The van der Waals surface area contributed by atoms with Gasteiger partial charge in [0.2, 0.25) is 0 Å². The summed E-state index contributed by atoms with van der Waals surface area (Å²) in [6.07, 6.45) is -0.903. The smallest absolute Gasteiger partial charge is 0.407 e. The van der Waals surface area contributed by atoms with E-state index in [1.54, 1.807) is 20.8 Å². The molecule has 0 fully saturated rings. The van der Waals surface area contributed by atoms with E-state index < -0.39 is 23.8 Å². The van der Waals surface area contributed by atoms with Crippen molar-refractivity contribution in [3.05, 3.63) is 34.9 Å². The molecule has 0 spiro atoms. The Kier molecular flexibility index (Phi) is 6.38. The van der Waals surface area contributed by atoms with Crippen molar-refractivity contribution in [1.29, 1.82) is 0 Å². The average Bonchev–Trinajstić information content (AvgIpc) is 2.38. The standard InChI is InChI=1S/C17H28N2O3/c1-11-7-6-8-13(12(11)2)15(20)14(9-10-18)19-16(21)22-17(3,4)5/h6-8,14-15,20H,9-10,18H2,1-5H3,(H,19,21). The second kappa shape index (κ2) is 7.61. The lowest BCUT2D eigenvalue weighted by Gasteiger charge is -2.27. The summed E-state index contributed by atoms with van der Waals surface area (Å²) in [5.74, 6) is 0. The Balaban J connectivity index is 2.90. The van der Waals surface area contributed by atoms with Gasteiger partial charge >= 0.3 is 6.09 Å². The van der Waals surface area contributed by atoms with Gasteiger partial charge in [-0.2, -0.15) is 0 Å². The van der Waals surface area contributed by atoms with Gasteiger partial charge in [0.15, 0.2) is 0 Å². The van der Waals surface area contributed by atoms with E-state index in [4.69, 9.17) is 10.5 Å². The van der Waals surface area contributed by atoms with Crippen LogP contribution in [-0.2, 0) is 4.74 Å². The summed E-state index contributed by atoms with van der Waals surface area (Å²) in [6, 6.07) is 5.27. The third-order valence-corrected chi connectivity index (χ3v) is 3.53. The third kappa shape index (κ3) is 5.31. The molecule has 2 unspecified atom stereocenters. The van der Waals surface area contributed by atoms with Crippen LogP contribution < -0.4 is 11.1 Å². The number of aliphatic hydroxyl groups excluding tert-OH is 1. The van der Waals surface area contributed by atoms with Crippen LogP contribution in [-0.4, -0.2) is 29.4 Å². The molecule has 124 valence electrons. The van der Waals surface area contributed by atoms with Crippen LogP contribution in [0, 0.1) is 13.8 Å². The monoisotopic (exact) mass is 308 g/mol. The van der Waals surface area contributed by atoms with E-state index in [1.807, 2.05) is 32.0 Å². The first-order valence-electron chi connectivity index (χ1n) is 7.59. The number of ether oxygens (including phenoxy) is 1. The van der Waals surface area contributed by atoms with Crippen LogP contribution >= 0.6 is 0 Å². The number of rotatable bonds is 5. The number of hydrogen-bond donors (Lipinski definition) is 3. The van der Waals surface area contributed by atoms with E-state index in [1.165, 1.54) is 0 Å². The van der Waals surface area contributed by atoms with E-state index in [2.05, 4.69) is 5.32 Å². The Bertz CT molecular complexity index is 509. The zero-order valence-electron chi connectivity index (χ0n) is 14.1. The number of nitrogens with two attached hydrogens (primary N) is 1. The minimum atomic E-state index is -0.823. The molecule has 0 saturated heterocycles. The minimum absolute atomic E-state index is 0.363. The number of carbonyl (C=O) groups is 1. The molecule has 0 heterocycles. The van der Waals surface area contributed by atoms with Gasteiger partial charge in [-0.1, -0.05) is 18.2 Å². The van der Waals surface area contributed by atoms with Crippen molar-refractivity contribution >= 4 is 6.09 Å². The molecule has 5 nitrogen and oxygen atoms in total. The van der Waals surface area contributed by atoms with Crippen molar-refractivity contribution in [1.82, 2.24) is 5.32 Å². The Labute approximate surface area is 132 Å². The Morgan fingerprint density at radius 2 is 2.00 bits per heavy atom. The number of benzene rings is 1. The summed E-state index contributed by atoms with van der Waals surface area (Å²) >= 11 is 0. The van der Waals surface area contributed by atoms with Gasteiger partial charge in [-0.15, -0.1) is 0 Å². The highest BCUT2D eigenvalue weighted by molar-refractivity contribution is 5.68. The molecule has 1 amide bonds. The second-order valence-corrected chi connectivity index (χ2v) is 6.56. The highest BCUT2D eigenvalue weighted by Gasteiger charge is 2.26.